The van der Waals surface area contributed by atoms with Gasteiger partial charge in [0, 0.05) is 10.9 Å². The van der Waals surface area contributed by atoms with E-state index in [9.17, 15) is 0 Å². The smallest absolute Gasteiger partial charge is 0.161 e. The number of para-hydroxylation sites is 1. The average Bonchev–Trinajstić information content (AvgIpc) is 3.30. The lowest BCUT2D eigenvalue weighted by Gasteiger charge is -2.38. The van der Waals surface area contributed by atoms with Crippen LogP contribution in [0.3, 0.4) is 0 Å². The average molecular weight is 466 g/mol. The number of benzene rings is 3. The lowest BCUT2D eigenvalue weighted by Crippen LogP contribution is -2.29. The number of nitrogens with one attached hydrogen (secondary N) is 1. The molecule has 164 valence electrons. The van der Waals surface area contributed by atoms with Crippen molar-refractivity contribution in [1.29, 1.82) is 0 Å². The Morgan fingerprint density at radius 1 is 0.969 bits per heavy atom. The number of rotatable bonds is 6. The molecular weight excluding hydrogens is 441 g/mol. The highest BCUT2D eigenvalue weighted by atomic mass is 35.5. The minimum absolute atomic E-state index is 0.145. The van der Waals surface area contributed by atoms with Crippen molar-refractivity contribution in [2.24, 2.45) is 5.92 Å². The highest BCUT2D eigenvalue weighted by molar-refractivity contribution is 6.33. The van der Waals surface area contributed by atoms with Crippen molar-refractivity contribution >= 4 is 28.9 Å². The molecule has 1 N–H and O–H groups in total. The van der Waals surface area contributed by atoms with Gasteiger partial charge in [-0.3, -0.25) is 0 Å². The Balaban J connectivity index is 1.43. The summed E-state index contributed by atoms with van der Waals surface area (Å²) in [5.41, 5.74) is 4.55. The third-order valence-electron chi connectivity index (χ3n) is 6.28. The second-order valence-electron chi connectivity index (χ2n) is 8.23. The fraction of sp³-hybridized carbons (Fsp3) is 0.259. The molecule has 3 nitrogen and oxygen atoms in total. The summed E-state index contributed by atoms with van der Waals surface area (Å²) in [4.78, 5) is 0. The first-order valence-electron chi connectivity index (χ1n) is 11.0. The standard InChI is InChI=1S/C27H25Cl2NO2/c1-2-31-25-15-18(11-14-24(25)32-16-17-9-12-19(28)13-10-17)26-21-6-3-5-20(21)22-7-4-8-23(29)27(22)30-26/h3-5,7-15,20-21,26,30H,2,6,16H2,1H3/t20-,21+,26+/m1/s1. The van der Waals surface area contributed by atoms with E-state index >= 15 is 0 Å². The summed E-state index contributed by atoms with van der Waals surface area (Å²) in [6.07, 6.45) is 5.64. The maximum atomic E-state index is 6.56. The maximum absolute atomic E-state index is 6.56. The van der Waals surface area contributed by atoms with Gasteiger partial charge in [0.05, 0.1) is 23.4 Å². The van der Waals surface area contributed by atoms with E-state index in [1.54, 1.807) is 0 Å². The van der Waals surface area contributed by atoms with E-state index in [1.165, 1.54) is 11.1 Å². The molecule has 0 bridgehead atoms. The lowest BCUT2D eigenvalue weighted by atomic mass is 9.77. The highest BCUT2D eigenvalue weighted by Crippen LogP contribution is 2.52. The van der Waals surface area contributed by atoms with Crippen molar-refractivity contribution in [2.75, 3.05) is 11.9 Å². The summed E-state index contributed by atoms with van der Waals surface area (Å²) in [5.74, 6) is 2.30. The molecule has 0 saturated heterocycles. The van der Waals surface area contributed by atoms with Crippen LogP contribution in [0, 0.1) is 5.92 Å². The molecule has 32 heavy (non-hydrogen) atoms. The molecule has 0 aromatic heterocycles. The summed E-state index contributed by atoms with van der Waals surface area (Å²) in [6.45, 7) is 3.01. The van der Waals surface area contributed by atoms with Crippen LogP contribution in [0.4, 0.5) is 5.69 Å². The van der Waals surface area contributed by atoms with Crippen molar-refractivity contribution < 1.29 is 9.47 Å². The van der Waals surface area contributed by atoms with E-state index in [0.717, 1.165) is 39.2 Å². The van der Waals surface area contributed by atoms with Gasteiger partial charge in [0.2, 0.25) is 0 Å². The monoisotopic (exact) mass is 465 g/mol. The second kappa shape index (κ2) is 9.09. The molecule has 0 saturated carbocycles. The molecule has 0 spiro atoms. The summed E-state index contributed by atoms with van der Waals surface area (Å²) < 4.78 is 12.1. The van der Waals surface area contributed by atoms with Gasteiger partial charge in [-0.25, -0.2) is 0 Å². The van der Waals surface area contributed by atoms with Gasteiger partial charge < -0.3 is 14.8 Å². The molecular formula is C27H25Cl2NO2. The largest absolute Gasteiger partial charge is 0.490 e. The summed E-state index contributed by atoms with van der Waals surface area (Å²) in [5, 5.41) is 5.20. The number of ether oxygens (including phenoxy) is 2. The van der Waals surface area contributed by atoms with E-state index in [1.807, 2.05) is 49.4 Å². The fourth-order valence-electron chi connectivity index (χ4n) is 4.76. The molecule has 1 aliphatic heterocycles. The van der Waals surface area contributed by atoms with Crippen LogP contribution < -0.4 is 14.8 Å². The van der Waals surface area contributed by atoms with E-state index in [0.29, 0.717) is 25.0 Å². The first-order valence-corrected chi connectivity index (χ1v) is 11.7. The Morgan fingerprint density at radius 2 is 1.81 bits per heavy atom. The summed E-state index contributed by atoms with van der Waals surface area (Å²) >= 11 is 12.5. The van der Waals surface area contributed by atoms with Crippen LogP contribution in [0.15, 0.2) is 72.8 Å². The third-order valence-corrected chi connectivity index (χ3v) is 6.85. The van der Waals surface area contributed by atoms with Gasteiger partial charge in [-0.2, -0.15) is 0 Å². The van der Waals surface area contributed by atoms with Crippen molar-refractivity contribution in [2.45, 2.75) is 31.9 Å². The van der Waals surface area contributed by atoms with Crippen LogP contribution in [-0.2, 0) is 6.61 Å². The van der Waals surface area contributed by atoms with Gasteiger partial charge in [-0.05, 0) is 66.3 Å². The minimum Gasteiger partial charge on any atom is -0.490 e. The minimum atomic E-state index is 0.145. The zero-order valence-corrected chi connectivity index (χ0v) is 19.4. The van der Waals surface area contributed by atoms with Gasteiger partial charge in [0.25, 0.3) is 0 Å². The van der Waals surface area contributed by atoms with Crippen molar-refractivity contribution in [1.82, 2.24) is 0 Å². The number of halogens is 2. The zero-order chi connectivity index (χ0) is 22.1. The van der Waals surface area contributed by atoms with E-state index < -0.39 is 0 Å². The second-order valence-corrected chi connectivity index (χ2v) is 9.08. The van der Waals surface area contributed by atoms with E-state index in [-0.39, 0.29) is 6.04 Å². The molecule has 2 aliphatic rings. The predicted octanol–water partition coefficient (Wildman–Crippen LogP) is 7.80. The van der Waals surface area contributed by atoms with Gasteiger partial charge in [0.15, 0.2) is 11.5 Å². The van der Waals surface area contributed by atoms with Gasteiger partial charge in [-0.15, -0.1) is 0 Å². The van der Waals surface area contributed by atoms with Crippen LogP contribution in [-0.4, -0.2) is 6.61 Å². The summed E-state index contributed by atoms with van der Waals surface area (Å²) in [7, 11) is 0. The van der Waals surface area contributed by atoms with Gasteiger partial charge in [-0.1, -0.05) is 65.7 Å². The topological polar surface area (TPSA) is 30.5 Å². The van der Waals surface area contributed by atoms with Gasteiger partial charge >= 0.3 is 0 Å². The van der Waals surface area contributed by atoms with Crippen molar-refractivity contribution in [3.63, 3.8) is 0 Å². The molecule has 0 radical (unpaired) electrons. The zero-order valence-electron chi connectivity index (χ0n) is 17.9. The van der Waals surface area contributed by atoms with Crippen LogP contribution in [0.2, 0.25) is 10.0 Å². The molecule has 0 unspecified atom stereocenters. The molecule has 5 rings (SSSR count). The Hall–Kier alpha value is -2.62. The van der Waals surface area contributed by atoms with Crippen LogP contribution in [0.25, 0.3) is 0 Å². The molecule has 0 amide bonds. The molecule has 3 atom stereocenters. The van der Waals surface area contributed by atoms with E-state index in [4.69, 9.17) is 32.7 Å². The normalized spacial score (nSPS) is 20.9. The third kappa shape index (κ3) is 4.07. The van der Waals surface area contributed by atoms with Crippen molar-refractivity contribution in [3.8, 4) is 11.5 Å². The van der Waals surface area contributed by atoms with Crippen molar-refractivity contribution in [3.05, 3.63) is 99.6 Å². The molecule has 0 fully saturated rings. The number of fused-ring (bicyclic) bond motifs is 3. The summed E-state index contributed by atoms with van der Waals surface area (Å²) in [6, 6.07) is 20.2. The number of hydrogen-bond acceptors (Lipinski definition) is 3. The Morgan fingerprint density at radius 3 is 2.62 bits per heavy atom. The number of allylic oxidation sites excluding steroid dienone is 2. The number of anilines is 1. The Bertz CT molecular complexity index is 1140. The molecule has 1 heterocycles. The first-order chi connectivity index (χ1) is 15.6. The lowest BCUT2D eigenvalue weighted by molar-refractivity contribution is 0.268. The quantitative estimate of drug-likeness (QED) is 0.376. The van der Waals surface area contributed by atoms with Crippen LogP contribution in [0.1, 0.15) is 42.0 Å². The molecule has 3 aromatic carbocycles. The fourth-order valence-corrected chi connectivity index (χ4v) is 5.12. The maximum Gasteiger partial charge on any atom is 0.161 e. The van der Waals surface area contributed by atoms with Crippen LogP contribution >= 0.6 is 23.2 Å². The Kier molecular flexibility index (Phi) is 6.03. The van der Waals surface area contributed by atoms with Gasteiger partial charge in [0.1, 0.15) is 6.61 Å². The molecule has 1 aliphatic carbocycles. The molecule has 5 heteroatoms. The SMILES string of the molecule is CCOc1cc([C@@H]2Nc3c(Cl)cccc3[C@@H]3C=CC[C@@H]32)ccc1OCc1ccc(Cl)cc1. The molecule has 3 aromatic rings. The van der Waals surface area contributed by atoms with E-state index in [2.05, 4.69) is 35.7 Å². The number of hydrogen-bond donors (Lipinski definition) is 1. The Labute approximate surface area is 199 Å². The highest BCUT2D eigenvalue weighted by Gasteiger charge is 2.38. The first kappa shape index (κ1) is 21.2. The van der Waals surface area contributed by atoms with Crippen LogP contribution in [0.5, 0.6) is 11.5 Å². The predicted molar refractivity (Wildman–Crippen MR) is 131 cm³/mol.